The molecule has 0 saturated carbocycles. The van der Waals surface area contributed by atoms with E-state index in [9.17, 15) is 4.79 Å². The number of benzene rings is 2. The van der Waals surface area contributed by atoms with E-state index < -0.39 is 11.1 Å². The lowest BCUT2D eigenvalue weighted by molar-refractivity contribution is -0.157. The Morgan fingerprint density at radius 1 is 1.19 bits per heavy atom. The van der Waals surface area contributed by atoms with Gasteiger partial charge in [0.25, 0.3) is 0 Å². The standard InChI is InChI=1S/C22H26ClNO2/c1-21(2,26-20(25)14-17-9-4-6-12-19(17)23)15-22(24)13-7-10-16-8-3-5-11-18(16)22/h3-6,8-9,11-12H,7,10,13-15,24H2,1-2H3. The summed E-state index contributed by atoms with van der Waals surface area (Å²) >= 11 is 6.15. The van der Waals surface area contributed by atoms with E-state index in [1.165, 1.54) is 11.1 Å². The smallest absolute Gasteiger partial charge is 0.310 e. The van der Waals surface area contributed by atoms with Gasteiger partial charge in [0.15, 0.2) is 0 Å². The molecule has 2 aromatic carbocycles. The monoisotopic (exact) mass is 371 g/mol. The highest BCUT2D eigenvalue weighted by Crippen LogP contribution is 2.39. The van der Waals surface area contributed by atoms with Crippen LogP contribution in [0.2, 0.25) is 5.02 Å². The lowest BCUT2D eigenvalue weighted by Crippen LogP contribution is -2.47. The summed E-state index contributed by atoms with van der Waals surface area (Å²) in [7, 11) is 0. The molecule has 3 rings (SSSR count). The van der Waals surface area contributed by atoms with Crippen molar-refractivity contribution in [2.75, 3.05) is 0 Å². The molecule has 2 N–H and O–H groups in total. The number of ether oxygens (including phenoxy) is 1. The average Bonchev–Trinajstić information content (AvgIpc) is 2.56. The SMILES string of the molecule is CC(C)(CC1(N)CCCc2ccccc21)OC(=O)Cc1ccccc1Cl. The fraction of sp³-hybridized carbons (Fsp3) is 0.409. The molecule has 0 bridgehead atoms. The van der Waals surface area contributed by atoms with Crippen molar-refractivity contribution in [3.05, 3.63) is 70.2 Å². The molecule has 0 heterocycles. The van der Waals surface area contributed by atoms with Crippen molar-refractivity contribution >= 4 is 17.6 Å². The third-order valence-electron chi connectivity index (χ3n) is 5.05. The zero-order chi connectivity index (χ0) is 18.8. The maximum Gasteiger partial charge on any atom is 0.310 e. The third-order valence-corrected chi connectivity index (χ3v) is 5.42. The predicted octanol–water partition coefficient (Wildman–Crippen LogP) is 4.78. The van der Waals surface area contributed by atoms with Crippen LogP contribution in [0, 0.1) is 0 Å². The summed E-state index contributed by atoms with van der Waals surface area (Å²) in [6, 6.07) is 15.7. The first-order valence-corrected chi connectivity index (χ1v) is 9.49. The van der Waals surface area contributed by atoms with Gasteiger partial charge in [-0.05, 0) is 55.9 Å². The molecule has 3 nitrogen and oxygen atoms in total. The molecular formula is C22H26ClNO2. The molecule has 1 atom stereocenters. The molecule has 0 saturated heterocycles. The molecule has 0 spiro atoms. The number of nitrogens with two attached hydrogens (primary N) is 1. The maximum absolute atomic E-state index is 12.5. The first kappa shape index (κ1) is 18.9. The molecule has 2 aromatic rings. The van der Waals surface area contributed by atoms with E-state index >= 15 is 0 Å². The Balaban J connectivity index is 1.71. The Morgan fingerprint density at radius 3 is 2.65 bits per heavy atom. The predicted molar refractivity (Wildman–Crippen MR) is 105 cm³/mol. The van der Waals surface area contributed by atoms with Crippen LogP contribution in [0.15, 0.2) is 48.5 Å². The number of carbonyl (C=O) groups is 1. The van der Waals surface area contributed by atoms with E-state index in [2.05, 4.69) is 18.2 Å². The van der Waals surface area contributed by atoms with Crippen molar-refractivity contribution in [1.82, 2.24) is 0 Å². The quantitative estimate of drug-likeness (QED) is 0.769. The van der Waals surface area contributed by atoms with E-state index in [1.807, 2.05) is 38.1 Å². The van der Waals surface area contributed by atoms with Gasteiger partial charge < -0.3 is 10.5 Å². The van der Waals surface area contributed by atoms with Gasteiger partial charge in [-0.25, -0.2) is 0 Å². The highest BCUT2D eigenvalue weighted by atomic mass is 35.5. The number of carbonyl (C=O) groups excluding carboxylic acids is 1. The zero-order valence-electron chi connectivity index (χ0n) is 15.4. The third kappa shape index (κ3) is 4.28. The summed E-state index contributed by atoms with van der Waals surface area (Å²) in [6.45, 7) is 3.87. The molecule has 1 aliphatic carbocycles. The number of aryl methyl sites for hydroxylation is 1. The second-order valence-electron chi connectivity index (χ2n) is 7.85. The Kier molecular flexibility index (Phi) is 5.40. The summed E-state index contributed by atoms with van der Waals surface area (Å²) in [5, 5.41) is 0.582. The summed E-state index contributed by atoms with van der Waals surface area (Å²) in [6.07, 6.45) is 3.76. The highest BCUT2D eigenvalue weighted by Gasteiger charge is 2.39. The summed E-state index contributed by atoms with van der Waals surface area (Å²) in [5.41, 5.74) is 8.94. The zero-order valence-corrected chi connectivity index (χ0v) is 16.2. The van der Waals surface area contributed by atoms with E-state index in [0.29, 0.717) is 11.4 Å². The summed E-state index contributed by atoms with van der Waals surface area (Å²) in [5.74, 6) is -0.282. The normalized spacial score (nSPS) is 19.7. The summed E-state index contributed by atoms with van der Waals surface area (Å²) in [4.78, 5) is 12.5. The topological polar surface area (TPSA) is 52.3 Å². The van der Waals surface area contributed by atoms with Crippen LogP contribution in [0.5, 0.6) is 0 Å². The second kappa shape index (κ2) is 7.42. The first-order chi connectivity index (χ1) is 12.3. The molecule has 0 fully saturated rings. The molecule has 26 heavy (non-hydrogen) atoms. The molecule has 4 heteroatoms. The van der Waals surface area contributed by atoms with Crippen molar-refractivity contribution in [3.8, 4) is 0 Å². The van der Waals surface area contributed by atoms with Crippen LogP contribution in [-0.4, -0.2) is 11.6 Å². The van der Waals surface area contributed by atoms with Gasteiger partial charge in [-0.15, -0.1) is 0 Å². The number of fused-ring (bicyclic) bond motifs is 1. The highest BCUT2D eigenvalue weighted by molar-refractivity contribution is 6.31. The van der Waals surface area contributed by atoms with Crippen LogP contribution >= 0.6 is 11.6 Å². The number of esters is 1. The maximum atomic E-state index is 12.5. The van der Waals surface area contributed by atoms with Gasteiger partial charge in [0, 0.05) is 17.0 Å². The molecular weight excluding hydrogens is 346 g/mol. The fourth-order valence-electron chi connectivity index (χ4n) is 4.07. The van der Waals surface area contributed by atoms with Crippen molar-refractivity contribution < 1.29 is 9.53 Å². The van der Waals surface area contributed by atoms with Crippen LogP contribution in [0.1, 0.15) is 49.8 Å². The summed E-state index contributed by atoms with van der Waals surface area (Å²) < 4.78 is 5.80. The average molecular weight is 372 g/mol. The Labute approximate surface area is 160 Å². The van der Waals surface area contributed by atoms with Gasteiger partial charge in [0.2, 0.25) is 0 Å². The minimum absolute atomic E-state index is 0.164. The second-order valence-corrected chi connectivity index (χ2v) is 8.25. The molecule has 0 radical (unpaired) electrons. The largest absolute Gasteiger partial charge is 0.459 e. The Bertz CT molecular complexity index is 802. The molecule has 0 aromatic heterocycles. The van der Waals surface area contributed by atoms with E-state index in [-0.39, 0.29) is 12.4 Å². The van der Waals surface area contributed by atoms with Gasteiger partial charge in [-0.3, -0.25) is 4.79 Å². The Morgan fingerprint density at radius 2 is 1.88 bits per heavy atom. The lowest BCUT2D eigenvalue weighted by Gasteiger charge is -2.41. The molecule has 0 aliphatic heterocycles. The molecule has 1 aliphatic rings. The molecule has 0 amide bonds. The molecule has 138 valence electrons. The van der Waals surface area contributed by atoms with Gasteiger partial charge in [0.05, 0.1) is 6.42 Å². The van der Waals surface area contributed by atoms with Crippen LogP contribution in [-0.2, 0) is 27.9 Å². The number of hydrogen-bond donors (Lipinski definition) is 1. The number of halogens is 1. The van der Waals surface area contributed by atoms with Crippen molar-refractivity contribution in [2.45, 2.75) is 57.1 Å². The van der Waals surface area contributed by atoms with E-state index in [1.54, 1.807) is 6.07 Å². The lowest BCUT2D eigenvalue weighted by atomic mass is 9.72. The van der Waals surface area contributed by atoms with Gasteiger partial charge in [-0.1, -0.05) is 54.1 Å². The van der Waals surface area contributed by atoms with Gasteiger partial charge in [0.1, 0.15) is 5.60 Å². The van der Waals surface area contributed by atoms with Crippen LogP contribution < -0.4 is 5.73 Å². The fourth-order valence-corrected chi connectivity index (χ4v) is 4.28. The van der Waals surface area contributed by atoms with Crippen LogP contribution in [0.25, 0.3) is 0 Å². The minimum Gasteiger partial charge on any atom is -0.459 e. The van der Waals surface area contributed by atoms with Crippen molar-refractivity contribution in [1.29, 1.82) is 0 Å². The van der Waals surface area contributed by atoms with Crippen LogP contribution in [0.3, 0.4) is 0 Å². The van der Waals surface area contributed by atoms with Gasteiger partial charge >= 0.3 is 5.97 Å². The van der Waals surface area contributed by atoms with Crippen molar-refractivity contribution in [3.63, 3.8) is 0 Å². The number of hydrogen-bond acceptors (Lipinski definition) is 3. The minimum atomic E-state index is -0.655. The van der Waals surface area contributed by atoms with E-state index in [0.717, 1.165) is 24.8 Å². The molecule has 1 unspecified atom stereocenters. The van der Waals surface area contributed by atoms with Gasteiger partial charge in [-0.2, -0.15) is 0 Å². The van der Waals surface area contributed by atoms with E-state index in [4.69, 9.17) is 22.1 Å². The first-order valence-electron chi connectivity index (χ1n) is 9.12. The number of rotatable bonds is 5. The Hall–Kier alpha value is -1.84. The van der Waals surface area contributed by atoms with Crippen molar-refractivity contribution in [2.24, 2.45) is 5.73 Å². The van der Waals surface area contributed by atoms with Crippen LogP contribution in [0.4, 0.5) is 0 Å².